The van der Waals surface area contributed by atoms with E-state index in [1.165, 1.54) is 11.1 Å². The van der Waals surface area contributed by atoms with Crippen molar-refractivity contribution >= 4 is 11.6 Å². The van der Waals surface area contributed by atoms with Gasteiger partial charge in [0.15, 0.2) is 0 Å². The molecule has 0 bridgehead atoms. The molecule has 2 N–H and O–H groups in total. The molecule has 0 radical (unpaired) electrons. The molecule has 0 spiro atoms. The van der Waals surface area contributed by atoms with E-state index in [0.717, 1.165) is 17.0 Å². The van der Waals surface area contributed by atoms with Crippen molar-refractivity contribution in [2.24, 2.45) is 11.7 Å². The first-order chi connectivity index (χ1) is 9.08. The highest BCUT2D eigenvalue weighted by Gasteiger charge is 2.13. The average molecular weight is 274 g/mol. The summed E-state index contributed by atoms with van der Waals surface area (Å²) in [5.41, 5.74) is 9.66. The van der Waals surface area contributed by atoms with Crippen molar-refractivity contribution in [1.29, 1.82) is 0 Å². The quantitative estimate of drug-likeness (QED) is 0.828. The van der Waals surface area contributed by atoms with Crippen LogP contribution in [0.4, 0.5) is 0 Å². The molecule has 0 aromatic heterocycles. The molecule has 0 amide bonds. The summed E-state index contributed by atoms with van der Waals surface area (Å²) in [7, 11) is 0. The van der Waals surface area contributed by atoms with E-state index in [1.54, 1.807) is 0 Å². The fourth-order valence-corrected chi connectivity index (χ4v) is 2.53. The zero-order chi connectivity index (χ0) is 13.8. The van der Waals surface area contributed by atoms with Crippen LogP contribution in [0.2, 0.25) is 5.02 Å². The lowest BCUT2D eigenvalue weighted by molar-refractivity contribution is 0.510. The van der Waals surface area contributed by atoms with E-state index in [9.17, 15) is 0 Å². The van der Waals surface area contributed by atoms with Gasteiger partial charge in [0, 0.05) is 11.1 Å². The van der Waals surface area contributed by atoms with Crippen LogP contribution < -0.4 is 5.73 Å². The molecule has 1 nitrogen and oxygen atoms in total. The average Bonchev–Trinajstić information content (AvgIpc) is 2.39. The molecule has 0 fully saturated rings. The summed E-state index contributed by atoms with van der Waals surface area (Å²) in [6.45, 7) is 4.35. The van der Waals surface area contributed by atoms with Gasteiger partial charge in [-0.25, -0.2) is 0 Å². The van der Waals surface area contributed by atoms with Crippen LogP contribution in [0.1, 0.15) is 31.9 Å². The van der Waals surface area contributed by atoms with Gasteiger partial charge in [-0.1, -0.05) is 61.8 Å². The molecule has 0 saturated carbocycles. The Morgan fingerprint density at radius 3 is 2.32 bits per heavy atom. The Balaban J connectivity index is 2.35. The van der Waals surface area contributed by atoms with Gasteiger partial charge in [-0.2, -0.15) is 0 Å². The maximum Gasteiger partial charge on any atom is 0.0454 e. The third kappa shape index (κ3) is 3.59. The molecule has 100 valence electrons. The van der Waals surface area contributed by atoms with Gasteiger partial charge in [-0.15, -0.1) is 0 Å². The smallest absolute Gasteiger partial charge is 0.0454 e. The zero-order valence-electron chi connectivity index (χ0n) is 11.4. The lowest BCUT2D eigenvalue weighted by atomic mass is 9.95. The molecule has 2 heteroatoms. The third-order valence-corrected chi connectivity index (χ3v) is 3.57. The second kappa shape index (κ2) is 6.23. The van der Waals surface area contributed by atoms with Crippen molar-refractivity contribution in [3.8, 4) is 11.1 Å². The van der Waals surface area contributed by atoms with E-state index in [4.69, 9.17) is 17.3 Å². The van der Waals surface area contributed by atoms with Crippen molar-refractivity contribution in [3.63, 3.8) is 0 Å². The predicted octanol–water partition coefficient (Wildman–Crippen LogP) is 5.05. The molecular formula is C17H20ClN. The lowest BCUT2D eigenvalue weighted by Crippen LogP contribution is -2.13. The summed E-state index contributed by atoms with van der Waals surface area (Å²) in [4.78, 5) is 0. The Kier molecular flexibility index (Phi) is 4.62. The van der Waals surface area contributed by atoms with Crippen LogP contribution in [0.3, 0.4) is 0 Å². The molecular weight excluding hydrogens is 254 g/mol. The number of nitrogens with two attached hydrogens (primary N) is 1. The van der Waals surface area contributed by atoms with Crippen LogP contribution in [-0.2, 0) is 0 Å². The molecule has 0 aliphatic carbocycles. The third-order valence-electron chi connectivity index (χ3n) is 3.23. The highest BCUT2D eigenvalue weighted by atomic mass is 35.5. The van der Waals surface area contributed by atoms with Crippen LogP contribution in [0.15, 0.2) is 48.5 Å². The molecule has 2 aromatic carbocycles. The van der Waals surface area contributed by atoms with Gasteiger partial charge in [0.2, 0.25) is 0 Å². The SMILES string of the molecule is CC(C)CC(N)c1cc(-c2ccccc2)ccc1Cl. The number of benzene rings is 2. The number of hydrogen-bond donors (Lipinski definition) is 1. The normalized spacial score (nSPS) is 12.7. The molecule has 2 aromatic rings. The highest BCUT2D eigenvalue weighted by molar-refractivity contribution is 6.31. The summed E-state index contributed by atoms with van der Waals surface area (Å²) >= 11 is 6.28. The Hall–Kier alpha value is -1.31. The van der Waals surface area contributed by atoms with E-state index in [0.29, 0.717) is 5.92 Å². The Morgan fingerprint density at radius 1 is 1.00 bits per heavy atom. The number of rotatable bonds is 4. The minimum absolute atomic E-state index is 0.00355. The van der Waals surface area contributed by atoms with Crippen molar-refractivity contribution in [3.05, 3.63) is 59.1 Å². The summed E-state index contributed by atoms with van der Waals surface area (Å²) < 4.78 is 0. The second-order valence-corrected chi connectivity index (χ2v) is 5.75. The van der Waals surface area contributed by atoms with E-state index in [-0.39, 0.29) is 6.04 Å². The van der Waals surface area contributed by atoms with Gasteiger partial charge in [-0.3, -0.25) is 0 Å². The van der Waals surface area contributed by atoms with Crippen molar-refractivity contribution in [1.82, 2.24) is 0 Å². The topological polar surface area (TPSA) is 26.0 Å². The summed E-state index contributed by atoms with van der Waals surface area (Å²) in [5, 5.41) is 0.757. The minimum Gasteiger partial charge on any atom is -0.324 e. The first-order valence-electron chi connectivity index (χ1n) is 6.68. The highest BCUT2D eigenvalue weighted by Crippen LogP contribution is 2.30. The minimum atomic E-state index is -0.00355. The predicted molar refractivity (Wildman–Crippen MR) is 83.3 cm³/mol. The van der Waals surface area contributed by atoms with Crippen LogP contribution in [0.25, 0.3) is 11.1 Å². The van der Waals surface area contributed by atoms with E-state index >= 15 is 0 Å². The van der Waals surface area contributed by atoms with Crippen molar-refractivity contribution in [2.75, 3.05) is 0 Å². The van der Waals surface area contributed by atoms with Gasteiger partial charge in [0.1, 0.15) is 0 Å². The fourth-order valence-electron chi connectivity index (χ4n) is 2.27. The van der Waals surface area contributed by atoms with Crippen molar-refractivity contribution in [2.45, 2.75) is 26.3 Å². The summed E-state index contributed by atoms with van der Waals surface area (Å²) in [6, 6.07) is 16.4. The Labute approximate surface area is 120 Å². The van der Waals surface area contributed by atoms with Crippen LogP contribution >= 0.6 is 11.6 Å². The Morgan fingerprint density at radius 2 is 1.68 bits per heavy atom. The van der Waals surface area contributed by atoms with E-state index in [1.807, 2.05) is 30.3 Å². The molecule has 0 aliphatic rings. The van der Waals surface area contributed by atoms with Crippen LogP contribution in [0.5, 0.6) is 0 Å². The standard InChI is InChI=1S/C17H20ClN/c1-12(2)10-17(19)15-11-14(8-9-16(15)18)13-6-4-3-5-7-13/h3-9,11-12,17H,10,19H2,1-2H3. The number of halogens is 1. The summed E-state index contributed by atoms with van der Waals surface area (Å²) in [6.07, 6.45) is 0.942. The Bertz CT molecular complexity index is 534. The second-order valence-electron chi connectivity index (χ2n) is 5.34. The molecule has 1 atom stereocenters. The maximum atomic E-state index is 6.28. The fraction of sp³-hybridized carbons (Fsp3) is 0.294. The van der Waals surface area contributed by atoms with Crippen LogP contribution in [-0.4, -0.2) is 0 Å². The van der Waals surface area contributed by atoms with Crippen LogP contribution in [0, 0.1) is 5.92 Å². The van der Waals surface area contributed by atoms with Gasteiger partial charge < -0.3 is 5.73 Å². The molecule has 1 unspecified atom stereocenters. The number of hydrogen-bond acceptors (Lipinski definition) is 1. The summed E-state index contributed by atoms with van der Waals surface area (Å²) in [5.74, 6) is 0.562. The maximum absolute atomic E-state index is 6.28. The molecule has 2 rings (SSSR count). The van der Waals surface area contributed by atoms with E-state index < -0.39 is 0 Å². The monoisotopic (exact) mass is 273 g/mol. The van der Waals surface area contributed by atoms with Crippen molar-refractivity contribution < 1.29 is 0 Å². The molecule has 0 heterocycles. The molecule has 0 aliphatic heterocycles. The largest absolute Gasteiger partial charge is 0.324 e. The first-order valence-corrected chi connectivity index (χ1v) is 7.06. The van der Waals surface area contributed by atoms with Gasteiger partial charge >= 0.3 is 0 Å². The molecule has 19 heavy (non-hydrogen) atoms. The van der Waals surface area contributed by atoms with Gasteiger partial charge in [0.05, 0.1) is 0 Å². The zero-order valence-corrected chi connectivity index (χ0v) is 12.2. The van der Waals surface area contributed by atoms with Gasteiger partial charge in [-0.05, 0) is 41.2 Å². The van der Waals surface area contributed by atoms with Gasteiger partial charge in [0.25, 0.3) is 0 Å². The first kappa shape index (κ1) is 14.1. The van der Waals surface area contributed by atoms with E-state index in [2.05, 4.69) is 32.0 Å². The lowest BCUT2D eigenvalue weighted by Gasteiger charge is -2.17. The molecule has 0 saturated heterocycles.